The number of primary amides is 1. The highest BCUT2D eigenvalue weighted by Crippen LogP contribution is 2.24. The maximum Gasteiger partial charge on any atom is 0.222 e. The van der Waals surface area contributed by atoms with Crippen LogP contribution in [0.1, 0.15) is 19.4 Å². The molecule has 0 aliphatic heterocycles. The van der Waals surface area contributed by atoms with E-state index in [-0.39, 0.29) is 23.7 Å². The molecule has 2 atom stereocenters. The Balaban J connectivity index is 2.85. The van der Waals surface area contributed by atoms with Gasteiger partial charge in [-0.1, -0.05) is 44.2 Å². The van der Waals surface area contributed by atoms with E-state index in [0.717, 1.165) is 5.56 Å². The zero-order valence-corrected chi connectivity index (χ0v) is 10.3. The van der Waals surface area contributed by atoms with Crippen LogP contribution in [0.2, 0.25) is 0 Å². The molecule has 0 radical (unpaired) electrons. The summed E-state index contributed by atoms with van der Waals surface area (Å²) in [5.41, 5.74) is 6.44. The average molecular weight is 230 g/mol. The van der Waals surface area contributed by atoms with Gasteiger partial charge in [0.2, 0.25) is 5.91 Å². The van der Waals surface area contributed by atoms with Crippen molar-refractivity contribution >= 4 is 5.91 Å². The molecule has 17 heavy (non-hydrogen) atoms. The molecular formula is C14H18N2O. The number of nitrogens with two attached hydrogens (primary N) is 1. The topological polar surface area (TPSA) is 66.9 Å². The molecule has 3 heteroatoms. The lowest BCUT2D eigenvalue weighted by atomic mass is 9.80. The number of hydrogen-bond acceptors (Lipinski definition) is 2. The van der Waals surface area contributed by atoms with Crippen LogP contribution in [0.25, 0.3) is 0 Å². The molecule has 0 bridgehead atoms. The van der Waals surface area contributed by atoms with Crippen LogP contribution < -0.4 is 5.73 Å². The highest BCUT2D eigenvalue weighted by Gasteiger charge is 2.29. The summed E-state index contributed by atoms with van der Waals surface area (Å²) >= 11 is 0. The van der Waals surface area contributed by atoms with Gasteiger partial charge in [0.15, 0.2) is 0 Å². The van der Waals surface area contributed by atoms with Gasteiger partial charge >= 0.3 is 0 Å². The minimum Gasteiger partial charge on any atom is -0.369 e. The third-order valence-electron chi connectivity index (χ3n) is 2.94. The molecule has 0 aliphatic rings. The molecule has 0 saturated heterocycles. The molecule has 0 saturated carbocycles. The summed E-state index contributed by atoms with van der Waals surface area (Å²) in [6, 6.07) is 11.9. The standard InChI is InChI=1S/C14H18N2O/c1-10(2)13(14(16)17)12(9-15)8-11-6-4-3-5-7-11/h3-7,10,12-13H,8H2,1-2H3,(H2,16,17)/t12-,13?/m1/s1. The Kier molecular flexibility index (Phi) is 4.71. The normalized spacial score (nSPS) is 14.0. The third kappa shape index (κ3) is 3.60. The molecule has 3 nitrogen and oxygen atoms in total. The summed E-state index contributed by atoms with van der Waals surface area (Å²) in [7, 11) is 0. The Morgan fingerprint density at radius 2 is 1.94 bits per heavy atom. The average Bonchev–Trinajstić information content (AvgIpc) is 2.28. The van der Waals surface area contributed by atoms with Crippen LogP contribution in [0.3, 0.4) is 0 Å². The van der Waals surface area contributed by atoms with E-state index in [0.29, 0.717) is 6.42 Å². The number of nitrogens with zero attached hydrogens (tertiary/aromatic N) is 1. The van der Waals surface area contributed by atoms with Crippen molar-refractivity contribution in [2.24, 2.45) is 23.5 Å². The first kappa shape index (κ1) is 13.2. The molecule has 0 aromatic heterocycles. The van der Waals surface area contributed by atoms with E-state index >= 15 is 0 Å². The van der Waals surface area contributed by atoms with Crippen molar-refractivity contribution in [2.45, 2.75) is 20.3 Å². The van der Waals surface area contributed by atoms with E-state index in [1.165, 1.54) is 0 Å². The molecular weight excluding hydrogens is 212 g/mol. The minimum absolute atomic E-state index is 0.0841. The first-order valence-corrected chi connectivity index (χ1v) is 5.79. The summed E-state index contributed by atoms with van der Waals surface area (Å²) in [4.78, 5) is 11.4. The van der Waals surface area contributed by atoms with Gasteiger partial charge in [-0.3, -0.25) is 4.79 Å². The Hall–Kier alpha value is -1.82. The lowest BCUT2D eigenvalue weighted by Crippen LogP contribution is -2.34. The second-order valence-electron chi connectivity index (χ2n) is 4.60. The quantitative estimate of drug-likeness (QED) is 0.842. The molecule has 0 spiro atoms. The highest BCUT2D eigenvalue weighted by atomic mass is 16.1. The first-order valence-electron chi connectivity index (χ1n) is 5.79. The van der Waals surface area contributed by atoms with Crippen LogP contribution in [0, 0.1) is 29.1 Å². The van der Waals surface area contributed by atoms with E-state index in [1.54, 1.807) is 0 Å². The van der Waals surface area contributed by atoms with Gasteiger partial charge in [0.1, 0.15) is 0 Å². The van der Waals surface area contributed by atoms with E-state index < -0.39 is 0 Å². The summed E-state index contributed by atoms with van der Waals surface area (Å²) < 4.78 is 0. The van der Waals surface area contributed by atoms with E-state index in [1.807, 2.05) is 44.2 Å². The van der Waals surface area contributed by atoms with Crippen LogP contribution in [0.4, 0.5) is 0 Å². The maximum absolute atomic E-state index is 11.4. The molecule has 0 aliphatic carbocycles. The largest absolute Gasteiger partial charge is 0.369 e. The summed E-state index contributed by atoms with van der Waals surface area (Å²) in [6.07, 6.45) is 0.573. The first-order chi connectivity index (χ1) is 8.06. The molecule has 1 unspecified atom stereocenters. The Morgan fingerprint density at radius 3 is 2.35 bits per heavy atom. The van der Waals surface area contributed by atoms with Gasteiger partial charge in [-0.15, -0.1) is 0 Å². The van der Waals surface area contributed by atoms with E-state index in [9.17, 15) is 10.1 Å². The molecule has 0 fully saturated rings. The molecule has 1 aromatic rings. The van der Waals surface area contributed by atoms with Crippen LogP contribution in [-0.4, -0.2) is 5.91 Å². The van der Waals surface area contributed by atoms with Gasteiger partial charge < -0.3 is 5.73 Å². The molecule has 1 rings (SSSR count). The van der Waals surface area contributed by atoms with Gasteiger partial charge in [0, 0.05) is 0 Å². The van der Waals surface area contributed by atoms with Crippen molar-refractivity contribution in [2.75, 3.05) is 0 Å². The fraction of sp³-hybridized carbons (Fsp3) is 0.429. The fourth-order valence-corrected chi connectivity index (χ4v) is 2.11. The van der Waals surface area contributed by atoms with E-state index in [4.69, 9.17) is 5.73 Å². The van der Waals surface area contributed by atoms with Gasteiger partial charge in [0.25, 0.3) is 0 Å². The Morgan fingerprint density at radius 1 is 1.35 bits per heavy atom. The fourth-order valence-electron chi connectivity index (χ4n) is 2.11. The molecule has 1 aromatic carbocycles. The summed E-state index contributed by atoms with van der Waals surface area (Å²) in [5, 5.41) is 9.20. The Labute approximate surface area is 102 Å². The van der Waals surface area contributed by atoms with Crippen LogP contribution in [0.5, 0.6) is 0 Å². The second kappa shape index (κ2) is 6.05. The van der Waals surface area contributed by atoms with Gasteiger partial charge in [-0.05, 0) is 17.9 Å². The van der Waals surface area contributed by atoms with Crippen LogP contribution in [-0.2, 0) is 11.2 Å². The van der Waals surface area contributed by atoms with Crippen LogP contribution >= 0.6 is 0 Å². The highest BCUT2D eigenvalue weighted by molar-refractivity contribution is 5.77. The number of rotatable bonds is 5. The van der Waals surface area contributed by atoms with Crippen molar-refractivity contribution in [1.29, 1.82) is 5.26 Å². The molecule has 1 amide bonds. The molecule has 90 valence electrons. The lowest BCUT2D eigenvalue weighted by molar-refractivity contribution is -0.124. The van der Waals surface area contributed by atoms with Crippen molar-refractivity contribution in [3.05, 3.63) is 35.9 Å². The molecule has 0 heterocycles. The minimum atomic E-state index is -0.389. The van der Waals surface area contributed by atoms with E-state index in [2.05, 4.69) is 6.07 Å². The zero-order valence-electron chi connectivity index (χ0n) is 10.3. The molecule has 2 N–H and O–H groups in total. The number of carbonyl (C=O) groups is 1. The number of hydrogen-bond donors (Lipinski definition) is 1. The second-order valence-corrected chi connectivity index (χ2v) is 4.60. The summed E-state index contributed by atoms with van der Waals surface area (Å²) in [5.74, 6) is -1.04. The monoisotopic (exact) mass is 230 g/mol. The van der Waals surface area contributed by atoms with Gasteiger partial charge in [-0.25, -0.2) is 0 Å². The van der Waals surface area contributed by atoms with Crippen molar-refractivity contribution in [3.63, 3.8) is 0 Å². The smallest absolute Gasteiger partial charge is 0.222 e. The number of carbonyl (C=O) groups excluding carboxylic acids is 1. The maximum atomic E-state index is 11.4. The van der Waals surface area contributed by atoms with Crippen molar-refractivity contribution in [3.8, 4) is 6.07 Å². The van der Waals surface area contributed by atoms with Gasteiger partial charge in [0.05, 0.1) is 17.9 Å². The third-order valence-corrected chi connectivity index (χ3v) is 2.94. The number of nitriles is 1. The van der Waals surface area contributed by atoms with Crippen molar-refractivity contribution < 1.29 is 4.79 Å². The zero-order chi connectivity index (χ0) is 12.8. The summed E-state index contributed by atoms with van der Waals surface area (Å²) in [6.45, 7) is 3.84. The number of benzene rings is 1. The van der Waals surface area contributed by atoms with Gasteiger partial charge in [-0.2, -0.15) is 5.26 Å². The van der Waals surface area contributed by atoms with Crippen molar-refractivity contribution in [1.82, 2.24) is 0 Å². The predicted octanol–water partition coefficient (Wildman–Crippen LogP) is 2.13. The van der Waals surface area contributed by atoms with Crippen LogP contribution in [0.15, 0.2) is 30.3 Å². The lowest BCUT2D eigenvalue weighted by Gasteiger charge is -2.22. The SMILES string of the molecule is CC(C)C(C(N)=O)[C@@H](C#N)Cc1ccccc1. The Bertz CT molecular complexity index is 406. The predicted molar refractivity (Wildman–Crippen MR) is 66.8 cm³/mol. The number of amides is 1.